The minimum Gasteiger partial charge on any atom is -0.500 e. The van der Waals surface area contributed by atoms with E-state index in [4.69, 9.17) is 4.74 Å². The van der Waals surface area contributed by atoms with Gasteiger partial charge in [-0.15, -0.1) is 0 Å². The SMILES string of the molecule is COC1=CC=C(C)C[C@]12CCCNC2=O. The number of allylic oxidation sites excluding steroid dienone is 3. The third kappa shape index (κ3) is 1.56. The predicted octanol–water partition coefficient (Wildman–Crippen LogP) is 1.76. The summed E-state index contributed by atoms with van der Waals surface area (Å²) in [4.78, 5) is 12.0. The molecular formula is C12H17NO2. The average Bonchev–Trinajstić information content (AvgIpc) is 2.23. The number of nitrogens with one attached hydrogen (secondary N) is 1. The van der Waals surface area contributed by atoms with E-state index in [-0.39, 0.29) is 5.91 Å². The van der Waals surface area contributed by atoms with E-state index in [0.717, 1.165) is 31.6 Å². The largest absolute Gasteiger partial charge is 0.500 e. The molecule has 0 bridgehead atoms. The van der Waals surface area contributed by atoms with Crippen molar-refractivity contribution in [2.24, 2.45) is 5.41 Å². The highest BCUT2D eigenvalue weighted by Crippen LogP contribution is 2.43. The van der Waals surface area contributed by atoms with E-state index in [2.05, 4.69) is 12.2 Å². The minimum absolute atomic E-state index is 0.120. The second kappa shape index (κ2) is 3.72. The Balaban J connectivity index is 2.37. The molecule has 0 unspecified atom stereocenters. The van der Waals surface area contributed by atoms with Crippen molar-refractivity contribution in [2.45, 2.75) is 26.2 Å². The van der Waals surface area contributed by atoms with Crippen LogP contribution in [0.25, 0.3) is 0 Å². The molecule has 3 nitrogen and oxygen atoms in total. The van der Waals surface area contributed by atoms with Crippen LogP contribution in [0.1, 0.15) is 26.2 Å². The van der Waals surface area contributed by atoms with Crippen molar-refractivity contribution in [1.82, 2.24) is 5.32 Å². The van der Waals surface area contributed by atoms with Crippen LogP contribution in [-0.2, 0) is 9.53 Å². The van der Waals surface area contributed by atoms with E-state index in [1.807, 2.05) is 12.2 Å². The van der Waals surface area contributed by atoms with E-state index in [9.17, 15) is 4.79 Å². The zero-order valence-corrected chi connectivity index (χ0v) is 9.30. The molecule has 82 valence electrons. The molecule has 0 radical (unpaired) electrons. The number of hydrogen-bond donors (Lipinski definition) is 1. The average molecular weight is 207 g/mol. The fourth-order valence-electron chi connectivity index (χ4n) is 2.54. The lowest BCUT2D eigenvalue weighted by Crippen LogP contribution is -2.48. The second-order valence-corrected chi connectivity index (χ2v) is 4.37. The van der Waals surface area contributed by atoms with Crippen LogP contribution in [0.3, 0.4) is 0 Å². The molecule has 2 rings (SSSR count). The maximum atomic E-state index is 12.0. The lowest BCUT2D eigenvalue weighted by atomic mass is 9.71. The molecule has 1 N–H and O–H groups in total. The molecule has 3 heteroatoms. The molecule has 1 heterocycles. The molecule has 1 atom stereocenters. The van der Waals surface area contributed by atoms with E-state index in [0.29, 0.717) is 0 Å². The van der Waals surface area contributed by atoms with Gasteiger partial charge in [-0.05, 0) is 32.3 Å². The number of hydrogen-bond acceptors (Lipinski definition) is 2. The molecule has 1 aliphatic heterocycles. The first kappa shape index (κ1) is 10.3. The van der Waals surface area contributed by atoms with Gasteiger partial charge in [-0.25, -0.2) is 0 Å². The number of carbonyl (C=O) groups excluding carboxylic acids is 1. The molecule has 1 spiro atoms. The van der Waals surface area contributed by atoms with Crippen molar-refractivity contribution >= 4 is 5.91 Å². The summed E-state index contributed by atoms with van der Waals surface area (Å²) in [6.45, 7) is 2.85. The summed E-state index contributed by atoms with van der Waals surface area (Å²) in [6.07, 6.45) is 6.68. The molecule has 2 aliphatic rings. The number of rotatable bonds is 1. The van der Waals surface area contributed by atoms with E-state index in [1.165, 1.54) is 5.57 Å². The standard InChI is InChI=1S/C12H17NO2/c1-9-4-5-10(15-2)12(8-9)6-3-7-13-11(12)14/h4-5H,3,6-8H2,1-2H3,(H,13,14)/t12-/m1/s1. The molecule has 1 fully saturated rings. The Morgan fingerprint density at radius 1 is 1.47 bits per heavy atom. The maximum Gasteiger partial charge on any atom is 0.234 e. The van der Waals surface area contributed by atoms with Crippen molar-refractivity contribution in [3.8, 4) is 0 Å². The van der Waals surface area contributed by atoms with Crippen LogP contribution in [-0.4, -0.2) is 19.6 Å². The Labute approximate surface area is 90.2 Å². The van der Waals surface area contributed by atoms with Crippen LogP contribution >= 0.6 is 0 Å². The number of amides is 1. The molecule has 15 heavy (non-hydrogen) atoms. The van der Waals surface area contributed by atoms with Crippen LogP contribution in [0.15, 0.2) is 23.5 Å². The summed E-state index contributed by atoms with van der Waals surface area (Å²) in [5, 5.41) is 2.94. The lowest BCUT2D eigenvalue weighted by Gasteiger charge is -2.38. The molecule has 0 aromatic heterocycles. The molecule has 0 aromatic rings. The van der Waals surface area contributed by atoms with Gasteiger partial charge in [-0.3, -0.25) is 4.79 Å². The van der Waals surface area contributed by atoms with Crippen molar-refractivity contribution in [2.75, 3.05) is 13.7 Å². The first-order valence-corrected chi connectivity index (χ1v) is 5.39. The van der Waals surface area contributed by atoms with Crippen LogP contribution < -0.4 is 5.32 Å². The Morgan fingerprint density at radius 3 is 2.93 bits per heavy atom. The van der Waals surface area contributed by atoms with E-state index >= 15 is 0 Å². The summed E-state index contributed by atoms with van der Waals surface area (Å²) < 4.78 is 5.36. The summed E-state index contributed by atoms with van der Waals surface area (Å²) in [5.74, 6) is 0.930. The minimum atomic E-state index is -0.425. The van der Waals surface area contributed by atoms with Gasteiger partial charge in [0.1, 0.15) is 11.2 Å². The van der Waals surface area contributed by atoms with Gasteiger partial charge in [0.2, 0.25) is 5.91 Å². The Kier molecular flexibility index (Phi) is 2.55. The van der Waals surface area contributed by atoms with Gasteiger partial charge in [-0.2, -0.15) is 0 Å². The Bertz CT molecular complexity index is 344. The van der Waals surface area contributed by atoms with Gasteiger partial charge >= 0.3 is 0 Å². The zero-order chi connectivity index (χ0) is 10.9. The summed E-state index contributed by atoms with van der Waals surface area (Å²) in [6, 6.07) is 0. The van der Waals surface area contributed by atoms with Crippen molar-refractivity contribution < 1.29 is 9.53 Å². The second-order valence-electron chi connectivity index (χ2n) is 4.37. The summed E-state index contributed by atoms with van der Waals surface area (Å²) >= 11 is 0. The van der Waals surface area contributed by atoms with Gasteiger partial charge in [0.25, 0.3) is 0 Å². The van der Waals surface area contributed by atoms with E-state index < -0.39 is 5.41 Å². The van der Waals surface area contributed by atoms with E-state index in [1.54, 1.807) is 7.11 Å². The highest BCUT2D eigenvalue weighted by Gasteiger charge is 2.45. The molecule has 1 aliphatic carbocycles. The van der Waals surface area contributed by atoms with Crippen LogP contribution in [0, 0.1) is 5.41 Å². The van der Waals surface area contributed by atoms with Gasteiger partial charge in [-0.1, -0.05) is 11.6 Å². The van der Waals surface area contributed by atoms with Gasteiger partial charge in [0.15, 0.2) is 0 Å². The quantitative estimate of drug-likeness (QED) is 0.711. The number of carbonyl (C=O) groups is 1. The van der Waals surface area contributed by atoms with Gasteiger partial charge in [0, 0.05) is 6.54 Å². The maximum absolute atomic E-state index is 12.0. The third-order valence-electron chi connectivity index (χ3n) is 3.29. The molecule has 0 saturated carbocycles. The third-order valence-corrected chi connectivity index (χ3v) is 3.29. The van der Waals surface area contributed by atoms with Crippen LogP contribution in [0.2, 0.25) is 0 Å². The first-order chi connectivity index (χ1) is 7.19. The van der Waals surface area contributed by atoms with Gasteiger partial charge < -0.3 is 10.1 Å². The predicted molar refractivity (Wildman–Crippen MR) is 58.1 cm³/mol. The number of ether oxygens (including phenoxy) is 1. The monoisotopic (exact) mass is 207 g/mol. The van der Waals surface area contributed by atoms with Crippen LogP contribution in [0.4, 0.5) is 0 Å². The Hall–Kier alpha value is -1.25. The lowest BCUT2D eigenvalue weighted by molar-refractivity contribution is -0.133. The highest BCUT2D eigenvalue weighted by molar-refractivity contribution is 5.87. The fraction of sp³-hybridized carbons (Fsp3) is 0.583. The number of piperidine rings is 1. The topological polar surface area (TPSA) is 38.3 Å². The fourth-order valence-corrected chi connectivity index (χ4v) is 2.54. The van der Waals surface area contributed by atoms with Crippen molar-refractivity contribution in [3.63, 3.8) is 0 Å². The van der Waals surface area contributed by atoms with Crippen molar-refractivity contribution in [1.29, 1.82) is 0 Å². The van der Waals surface area contributed by atoms with Crippen molar-refractivity contribution in [3.05, 3.63) is 23.5 Å². The smallest absolute Gasteiger partial charge is 0.234 e. The summed E-state index contributed by atoms with van der Waals surface area (Å²) in [5.41, 5.74) is 0.819. The van der Waals surface area contributed by atoms with Gasteiger partial charge in [0.05, 0.1) is 7.11 Å². The zero-order valence-electron chi connectivity index (χ0n) is 9.30. The normalized spacial score (nSPS) is 30.7. The first-order valence-electron chi connectivity index (χ1n) is 5.39. The number of methoxy groups -OCH3 is 1. The summed E-state index contributed by atoms with van der Waals surface area (Å²) in [7, 11) is 1.64. The molecule has 0 aromatic carbocycles. The molecule has 1 amide bonds. The molecule has 1 saturated heterocycles. The molecular weight excluding hydrogens is 190 g/mol. The highest BCUT2D eigenvalue weighted by atomic mass is 16.5. The Morgan fingerprint density at radius 2 is 2.27 bits per heavy atom. The van der Waals surface area contributed by atoms with Crippen LogP contribution in [0.5, 0.6) is 0 Å².